The average Bonchev–Trinajstić information content (AvgIpc) is 2.63. The zero-order valence-electron chi connectivity index (χ0n) is 8.77. The molecule has 78 valence electrons. The summed E-state index contributed by atoms with van der Waals surface area (Å²) < 4.78 is 5.10. The minimum Gasteiger partial charge on any atom is -0.458 e. The van der Waals surface area contributed by atoms with Crippen LogP contribution in [-0.2, 0) is 9.53 Å². The summed E-state index contributed by atoms with van der Waals surface area (Å²) in [5.74, 6) is -0.0885. The SMILES string of the molecule is Cc1ccccc1/C=C/C1CCC(=O)O1. The molecule has 0 amide bonds. The molecule has 1 aliphatic rings. The Morgan fingerprint density at radius 1 is 1.40 bits per heavy atom. The van der Waals surface area contributed by atoms with E-state index in [4.69, 9.17) is 4.74 Å². The van der Waals surface area contributed by atoms with Crippen LogP contribution in [0.15, 0.2) is 30.3 Å². The quantitative estimate of drug-likeness (QED) is 0.689. The van der Waals surface area contributed by atoms with Crippen LogP contribution < -0.4 is 0 Å². The van der Waals surface area contributed by atoms with Crippen LogP contribution in [0.1, 0.15) is 24.0 Å². The molecule has 0 aromatic heterocycles. The van der Waals surface area contributed by atoms with E-state index in [-0.39, 0.29) is 12.1 Å². The molecule has 0 N–H and O–H groups in total. The Bertz CT molecular complexity index is 393. The first kappa shape index (κ1) is 9.97. The van der Waals surface area contributed by atoms with Crippen molar-refractivity contribution in [1.29, 1.82) is 0 Å². The summed E-state index contributed by atoms with van der Waals surface area (Å²) in [6.07, 6.45) is 5.31. The number of carbonyl (C=O) groups is 1. The number of ether oxygens (including phenoxy) is 1. The molecule has 0 bridgehead atoms. The lowest BCUT2D eigenvalue weighted by molar-refractivity contribution is -0.139. The van der Waals surface area contributed by atoms with Gasteiger partial charge in [-0.05, 0) is 30.5 Å². The van der Waals surface area contributed by atoms with Crippen molar-refractivity contribution in [1.82, 2.24) is 0 Å². The summed E-state index contributed by atoms with van der Waals surface area (Å²) in [6.45, 7) is 2.07. The Balaban J connectivity index is 2.05. The van der Waals surface area contributed by atoms with Crippen LogP contribution in [0.5, 0.6) is 0 Å². The van der Waals surface area contributed by atoms with E-state index in [2.05, 4.69) is 19.1 Å². The number of carbonyl (C=O) groups excluding carboxylic acids is 1. The molecule has 2 heteroatoms. The zero-order valence-corrected chi connectivity index (χ0v) is 8.77. The van der Waals surface area contributed by atoms with Crippen molar-refractivity contribution in [2.45, 2.75) is 25.9 Å². The molecule has 1 saturated heterocycles. The van der Waals surface area contributed by atoms with Gasteiger partial charge >= 0.3 is 5.97 Å². The smallest absolute Gasteiger partial charge is 0.306 e. The monoisotopic (exact) mass is 202 g/mol. The van der Waals surface area contributed by atoms with Gasteiger partial charge < -0.3 is 4.74 Å². The summed E-state index contributed by atoms with van der Waals surface area (Å²) in [7, 11) is 0. The zero-order chi connectivity index (χ0) is 10.7. The van der Waals surface area contributed by atoms with Gasteiger partial charge in [0.15, 0.2) is 0 Å². The van der Waals surface area contributed by atoms with E-state index in [1.54, 1.807) is 0 Å². The third-order valence-electron chi connectivity index (χ3n) is 2.59. The molecule has 1 heterocycles. The van der Waals surface area contributed by atoms with Gasteiger partial charge in [0.25, 0.3) is 0 Å². The van der Waals surface area contributed by atoms with Crippen LogP contribution in [0.25, 0.3) is 6.08 Å². The highest BCUT2D eigenvalue weighted by molar-refractivity contribution is 5.72. The standard InChI is InChI=1S/C13H14O2/c1-10-4-2-3-5-11(10)6-7-12-8-9-13(14)15-12/h2-7,12H,8-9H2,1H3/b7-6+. The maximum absolute atomic E-state index is 10.9. The highest BCUT2D eigenvalue weighted by atomic mass is 16.5. The van der Waals surface area contributed by atoms with E-state index in [9.17, 15) is 4.79 Å². The average molecular weight is 202 g/mol. The fraction of sp³-hybridized carbons (Fsp3) is 0.308. The summed E-state index contributed by atoms with van der Waals surface area (Å²) in [5.41, 5.74) is 2.42. The third-order valence-corrected chi connectivity index (χ3v) is 2.59. The number of aryl methyl sites for hydroxylation is 1. The lowest BCUT2D eigenvalue weighted by Crippen LogP contribution is -2.01. The van der Waals surface area contributed by atoms with Crippen molar-refractivity contribution < 1.29 is 9.53 Å². The van der Waals surface area contributed by atoms with Gasteiger partial charge in [-0.3, -0.25) is 4.79 Å². The van der Waals surface area contributed by atoms with E-state index < -0.39 is 0 Å². The van der Waals surface area contributed by atoms with E-state index in [1.807, 2.05) is 24.3 Å². The fourth-order valence-corrected chi connectivity index (χ4v) is 1.67. The lowest BCUT2D eigenvalue weighted by Gasteiger charge is -2.03. The van der Waals surface area contributed by atoms with Gasteiger partial charge in [-0.2, -0.15) is 0 Å². The van der Waals surface area contributed by atoms with Gasteiger partial charge in [-0.25, -0.2) is 0 Å². The van der Waals surface area contributed by atoms with Gasteiger partial charge in [0.05, 0.1) is 0 Å². The maximum atomic E-state index is 10.9. The molecular weight excluding hydrogens is 188 g/mol. The van der Waals surface area contributed by atoms with Crippen LogP contribution in [0.4, 0.5) is 0 Å². The lowest BCUT2D eigenvalue weighted by atomic mass is 10.1. The largest absolute Gasteiger partial charge is 0.458 e. The van der Waals surface area contributed by atoms with Crippen molar-refractivity contribution in [3.63, 3.8) is 0 Å². The molecule has 0 saturated carbocycles. The second kappa shape index (κ2) is 4.30. The van der Waals surface area contributed by atoms with Crippen molar-refractivity contribution >= 4 is 12.0 Å². The van der Waals surface area contributed by atoms with E-state index in [0.29, 0.717) is 6.42 Å². The number of hydrogen-bond acceptors (Lipinski definition) is 2. The van der Waals surface area contributed by atoms with Gasteiger partial charge in [-0.1, -0.05) is 30.3 Å². The second-order valence-electron chi connectivity index (χ2n) is 3.78. The molecule has 1 unspecified atom stereocenters. The number of hydrogen-bond donors (Lipinski definition) is 0. The molecule has 0 aliphatic carbocycles. The third kappa shape index (κ3) is 2.46. The number of benzene rings is 1. The van der Waals surface area contributed by atoms with Crippen molar-refractivity contribution in [3.05, 3.63) is 41.5 Å². The van der Waals surface area contributed by atoms with Gasteiger partial charge in [0.2, 0.25) is 0 Å². The van der Waals surface area contributed by atoms with Crippen LogP contribution in [-0.4, -0.2) is 12.1 Å². The summed E-state index contributed by atoms with van der Waals surface area (Å²) in [5, 5.41) is 0. The predicted octanol–water partition coefficient (Wildman–Crippen LogP) is 2.71. The Morgan fingerprint density at radius 2 is 2.20 bits per heavy atom. The number of rotatable bonds is 2. The van der Waals surface area contributed by atoms with Crippen molar-refractivity contribution in [2.24, 2.45) is 0 Å². The topological polar surface area (TPSA) is 26.3 Å². The molecular formula is C13H14O2. The maximum Gasteiger partial charge on any atom is 0.306 e. The molecule has 1 aromatic rings. The molecule has 1 atom stereocenters. The first-order valence-corrected chi connectivity index (χ1v) is 5.19. The highest BCUT2D eigenvalue weighted by Gasteiger charge is 2.20. The first-order valence-electron chi connectivity index (χ1n) is 5.19. The first-order chi connectivity index (χ1) is 7.25. The number of esters is 1. The van der Waals surface area contributed by atoms with Crippen molar-refractivity contribution in [3.8, 4) is 0 Å². The summed E-state index contributed by atoms with van der Waals surface area (Å²) >= 11 is 0. The minimum atomic E-state index is -0.0885. The Hall–Kier alpha value is -1.57. The number of cyclic esters (lactones) is 1. The summed E-state index contributed by atoms with van der Waals surface area (Å²) in [4.78, 5) is 10.9. The summed E-state index contributed by atoms with van der Waals surface area (Å²) in [6, 6.07) is 8.15. The van der Waals surface area contributed by atoms with Gasteiger partial charge in [0.1, 0.15) is 6.10 Å². The Labute approximate surface area is 89.6 Å². The van der Waals surface area contributed by atoms with Gasteiger partial charge in [0, 0.05) is 6.42 Å². The Morgan fingerprint density at radius 3 is 2.87 bits per heavy atom. The van der Waals surface area contributed by atoms with Crippen LogP contribution in [0.2, 0.25) is 0 Å². The molecule has 1 aliphatic heterocycles. The van der Waals surface area contributed by atoms with Gasteiger partial charge in [-0.15, -0.1) is 0 Å². The molecule has 1 fully saturated rings. The molecule has 2 rings (SSSR count). The molecule has 0 spiro atoms. The van der Waals surface area contributed by atoms with Crippen LogP contribution in [0, 0.1) is 6.92 Å². The molecule has 0 radical (unpaired) electrons. The highest BCUT2D eigenvalue weighted by Crippen LogP contribution is 2.17. The molecule has 1 aromatic carbocycles. The molecule has 2 nitrogen and oxygen atoms in total. The molecule has 15 heavy (non-hydrogen) atoms. The predicted molar refractivity (Wildman–Crippen MR) is 59.3 cm³/mol. The van der Waals surface area contributed by atoms with E-state index in [1.165, 1.54) is 11.1 Å². The van der Waals surface area contributed by atoms with Crippen LogP contribution in [0.3, 0.4) is 0 Å². The van der Waals surface area contributed by atoms with E-state index in [0.717, 1.165) is 6.42 Å². The Kier molecular flexibility index (Phi) is 2.86. The minimum absolute atomic E-state index is 0.0305. The van der Waals surface area contributed by atoms with Crippen LogP contribution >= 0.6 is 0 Å². The van der Waals surface area contributed by atoms with Crippen molar-refractivity contribution in [2.75, 3.05) is 0 Å². The second-order valence-corrected chi connectivity index (χ2v) is 3.78. The normalized spacial score (nSPS) is 20.9. The van der Waals surface area contributed by atoms with E-state index >= 15 is 0 Å². The fourth-order valence-electron chi connectivity index (χ4n) is 1.67.